The van der Waals surface area contributed by atoms with Crippen LogP contribution in [0.15, 0.2) is 5.38 Å². The van der Waals surface area contributed by atoms with Crippen molar-refractivity contribution in [3.63, 3.8) is 0 Å². The van der Waals surface area contributed by atoms with Gasteiger partial charge in [-0.05, 0) is 31.8 Å². The molecular weight excluding hydrogens is 302 g/mol. The van der Waals surface area contributed by atoms with Crippen molar-refractivity contribution in [2.24, 2.45) is 0 Å². The molecule has 1 aliphatic heterocycles. The summed E-state index contributed by atoms with van der Waals surface area (Å²) >= 11 is 1.19. The molecule has 3 rings (SSSR count). The van der Waals surface area contributed by atoms with Crippen molar-refractivity contribution in [3.8, 4) is 0 Å². The van der Waals surface area contributed by atoms with Gasteiger partial charge in [0.25, 0.3) is 5.91 Å². The number of amides is 1. The van der Waals surface area contributed by atoms with Gasteiger partial charge in [-0.2, -0.15) is 5.10 Å². The fraction of sp³-hybridized carbons (Fsp3) is 0.571. The first-order valence-electron chi connectivity index (χ1n) is 7.26. The molecule has 8 heteroatoms. The molecule has 0 aromatic carbocycles. The van der Waals surface area contributed by atoms with E-state index in [2.05, 4.69) is 28.5 Å². The molecule has 2 aromatic rings. The Hall–Kier alpha value is -1.80. The highest BCUT2D eigenvalue weighted by atomic mass is 32.1. The molecule has 0 radical (unpaired) electrons. The Balaban J connectivity index is 1.90. The summed E-state index contributed by atoms with van der Waals surface area (Å²) in [7, 11) is 1.68. The molecule has 22 heavy (non-hydrogen) atoms. The lowest BCUT2D eigenvalue weighted by Crippen LogP contribution is -2.37. The molecule has 0 bridgehead atoms. The fourth-order valence-electron chi connectivity index (χ4n) is 2.79. The number of fused-ring (bicyclic) bond motifs is 1. The zero-order chi connectivity index (χ0) is 15.7. The van der Waals surface area contributed by atoms with Crippen LogP contribution >= 0.6 is 11.5 Å². The van der Waals surface area contributed by atoms with Gasteiger partial charge in [0.05, 0.1) is 24.5 Å². The molecule has 0 N–H and O–H groups in total. The average Bonchev–Trinajstić information content (AvgIpc) is 3.14. The van der Waals surface area contributed by atoms with Crippen molar-refractivity contribution in [3.05, 3.63) is 28.0 Å². The quantitative estimate of drug-likeness (QED) is 0.856. The number of hydrogen-bond acceptors (Lipinski definition) is 6. The summed E-state index contributed by atoms with van der Waals surface area (Å²) in [6, 6.07) is 0.246. The second-order valence-corrected chi connectivity index (χ2v) is 6.22. The second kappa shape index (κ2) is 6.13. The maximum absolute atomic E-state index is 12.5. The van der Waals surface area contributed by atoms with Gasteiger partial charge in [-0.1, -0.05) is 4.49 Å². The lowest BCUT2D eigenvalue weighted by Gasteiger charge is -2.28. The Bertz CT molecular complexity index is 665. The van der Waals surface area contributed by atoms with Crippen LogP contribution in [0.4, 0.5) is 0 Å². The van der Waals surface area contributed by atoms with Crippen molar-refractivity contribution < 1.29 is 9.53 Å². The van der Waals surface area contributed by atoms with E-state index in [-0.39, 0.29) is 11.9 Å². The maximum atomic E-state index is 12.5. The van der Waals surface area contributed by atoms with Crippen LogP contribution in [0.3, 0.4) is 0 Å². The Morgan fingerprint density at radius 3 is 2.95 bits per heavy atom. The zero-order valence-corrected chi connectivity index (χ0v) is 13.8. The van der Waals surface area contributed by atoms with E-state index >= 15 is 0 Å². The molecule has 2 aromatic heterocycles. The minimum Gasteiger partial charge on any atom is -0.378 e. The van der Waals surface area contributed by atoms with Crippen LogP contribution in [-0.2, 0) is 24.3 Å². The van der Waals surface area contributed by atoms with Crippen LogP contribution in [0.5, 0.6) is 0 Å². The van der Waals surface area contributed by atoms with Crippen molar-refractivity contribution in [1.82, 2.24) is 24.3 Å². The molecular formula is C14H19N5O2S. The minimum absolute atomic E-state index is 0.0656. The van der Waals surface area contributed by atoms with Gasteiger partial charge in [-0.3, -0.25) is 9.48 Å². The molecule has 3 heterocycles. The van der Waals surface area contributed by atoms with Crippen LogP contribution in [0, 0.1) is 0 Å². The summed E-state index contributed by atoms with van der Waals surface area (Å²) in [5.74, 6) is -0.0656. The third kappa shape index (κ3) is 2.64. The van der Waals surface area contributed by atoms with Crippen LogP contribution < -0.4 is 0 Å². The van der Waals surface area contributed by atoms with E-state index in [1.165, 1.54) is 17.1 Å². The molecule has 0 saturated heterocycles. The van der Waals surface area contributed by atoms with E-state index in [1.807, 2.05) is 9.58 Å². The van der Waals surface area contributed by atoms with Gasteiger partial charge in [0.1, 0.15) is 0 Å². The Labute approximate surface area is 133 Å². The highest BCUT2D eigenvalue weighted by Crippen LogP contribution is 2.26. The van der Waals surface area contributed by atoms with Crippen molar-refractivity contribution in [2.75, 3.05) is 13.7 Å². The van der Waals surface area contributed by atoms with Gasteiger partial charge in [0, 0.05) is 30.6 Å². The third-order valence-corrected chi connectivity index (χ3v) is 4.32. The molecule has 0 saturated carbocycles. The van der Waals surface area contributed by atoms with E-state index in [1.54, 1.807) is 12.5 Å². The number of methoxy groups -OCH3 is 1. The molecule has 0 atom stereocenters. The van der Waals surface area contributed by atoms with Crippen molar-refractivity contribution in [1.29, 1.82) is 0 Å². The van der Waals surface area contributed by atoms with Gasteiger partial charge in [-0.25, -0.2) is 0 Å². The SMILES string of the molecule is COCc1nn(C(C)C)c2c1CCN(C(=O)c1csnn1)C2. The average molecular weight is 321 g/mol. The first-order chi connectivity index (χ1) is 10.6. The highest BCUT2D eigenvalue weighted by Gasteiger charge is 2.29. The largest absolute Gasteiger partial charge is 0.378 e. The summed E-state index contributed by atoms with van der Waals surface area (Å²) in [6.45, 7) is 5.92. The summed E-state index contributed by atoms with van der Waals surface area (Å²) < 4.78 is 11.0. The fourth-order valence-corrected chi connectivity index (χ4v) is 3.22. The number of nitrogens with zero attached hydrogens (tertiary/aromatic N) is 5. The summed E-state index contributed by atoms with van der Waals surface area (Å²) in [5.41, 5.74) is 3.72. The molecule has 1 aliphatic rings. The Morgan fingerprint density at radius 2 is 2.32 bits per heavy atom. The topological polar surface area (TPSA) is 73.1 Å². The van der Waals surface area contributed by atoms with Gasteiger partial charge in [0.2, 0.25) is 0 Å². The van der Waals surface area contributed by atoms with Crippen molar-refractivity contribution in [2.45, 2.75) is 39.5 Å². The molecule has 1 amide bonds. The molecule has 0 fully saturated rings. The Kier molecular flexibility index (Phi) is 4.21. The number of aromatic nitrogens is 4. The molecule has 0 unspecified atom stereocenters. The standard InChI is InChI=1S/C14H19N5O2S/c1-9(2)19-13-6-18(14(20)12-8-22-17-15-12)5-4-10(13)11(16-19)7-21-3/h8-9H,4-7H2,1-3H3. The lowest BCUT2D eigenvalue weighted by atomic mass is 10.0. The normalized spacial score (nSPS) is 14.5. The van der Waals surface area contributed by atoms with Gasteiger partial charge in [0.15, 0.2) is 5.69 Å². The van der Waals surface area contributed by atoms with E-state index in [9.17, 15) is 4.79 Å². The van der Waals surface area contributed by atoms with Crippen LogP contribution in [0.2, 0.25) is 0 Å². The van der Waals surface area contributed by atoms with Gasteiger partial charge in [-0.15, -0.1) is 5.10 Å². The van der Waals surface area contributed by atoms with E-state index < -0.39 is 0 Å². The summed E-state index contributed by atoms with van der Waals surface area (Å²) in [4.78, 5) is 14.3. The van der Waals surface area contributed by atoms with E-state index in [0.29, 0.717) is 25.4 Å². The van der Waals surface area contributed by atoms with Crippen LogP contribution in [0.1, 0.15) is 47.3 Å². The summed E-state index contributed by atoms with van der Waals surface area (Å²) in [5, 5.41) is 10.2. The van der Waals surface area contributed by atoms with Crippen LogP contribution in [0.25, 0.3) is 0 Å². The predicted molar refractivity (Wildman–Crippen MR) is 81.7 cm³/mol. The number of hydrogen-bond donors (Lipinski definition) is 0. The van der Waals surface area contributed by atoms with E-state index in [4.69, 9.17) is 4.74 Å². The predicted octanol–water partition coefficient (Wildman–Crippen LogP) is 1.66. The Morgan fingerprint density at radius 1 is 1.50 bits per heavy atom. The molecule has 0 aliphatic carbocycles. The van der Waals surface area contributed by atoms with E-state index in [0.717, 1.165) is 17.8 Å². The first kappa shape index (κ1) is 15.1. The van der Waals surface area contributed by atoms with Gasteiger partial charge < -0.3 is 9.64 Å². The smallest absolute Gasteiger partial charge is 0.275 e. The molecule has 7 nitrogen and oxygen atoms in total. The number of carbonyl (C=O) groups is 1. The number of rotatable bonds is 4. The zero-order valence-electron chi connectivity index (χ0n) is 12.9. The lowest BCUT2D eigenvalue weighted by molar-refractivity contribution is 0.0722. The minimum atomic E-state index is -0.0656. The summed E-state index contributed by atoms with van der Waals surface area (Å²) in [6.07, 6.45) is 0.796. The van der Waals surface area contributed by atoms with Gasteiger partial charge >= 0.3 is 0 Å². The van der Waals surface area contributed by atoms with Crippen molar-refractivity contribution >= 4 is 17.4 Å². The number of carbonyl (C=O) groups excluding carboxylic acids is 1. The monoisotopic (exact) mass is 321 g/mol. The third-order valence-electron chi connectivity index (χ3n) is 3.81. The van der Waals surface area contributed by atoms with Crippen LogP contribution in [-0.4, -0.2) is 43.8 Å². The highest BCUT2D eigenvalue weighted by molar-refractivity contribution is 7.03. The maximum Gasteiger partial charge on any atom is 0.275 e. The molecule has 118 valence electrons. The first-order valence-corrected chi connectivity index (χ1v) is 8.09. The molecule has 0 spiro atoms. The number of ether oxygens (including phenoxy) is 1. The second-order valence-electron chi connectivity index (χ2n) is 5.61.